The second-order valence-electron chi connectivity index (χ2n) is 4.18. The number of urea groups is 1. The Balaban J connectivity index is 2.53. The van der Waals surface area contributed by atoms with Crippen molar-refractivity contribution >= 4 is 17.6 Å². The molecule has 1 aromatic carbocycles. The average Bonchev–Trinajstić information content (AvgIpc) is 2.29. The van der Waals surface area contributed by atoms with E-state index in [0.29, 0.717) is 23.9 Å². The van der Waals surface area contributed by atoms with Crippen molar-refractivity contribution in [3.63, 3.8) is 0 Å². The van der Waals surface area contributed by atoms with E-state index in [4.69, 9.17) is 16.3 Å². The number of carbonyl (C=O) groups is 1. The summed E-state index contributed by atoms with van der Waals surface area (Å²) in [7, 11) is 0. The van der Waals surface area contributed by atoms with E-state index in [1.54, 1.807) is 6.07 Å². The molecular formula is C13H19ClN2O2. The maximum absolute atomic E-state index is 11.4. The molecule has 1 rings (SSSR count). The lowest BCUT2D eigenvalue weighted by Gasteiger charge is -2.11. The third kappa shape index (κ3) is 4.84. The molecule has 100 valence electrons. The molecule has 0 aliphatic rings. The van der Waals surface area contributed by atoms with Gasteiger partial charge in [-0.2, -0.15) is 0 Å². The molecule has 0 spiro atoms. The average molecular weight is 271 g/mol. The van der Waals surface area contributed by atoms with Crippen LogP contribution in [0.15, 0.2) is 18.2 Å². The van der Waals surface area contributed by atoms with Crippen LogP contribution in [0.4, 0.5) is 4.79 Å². The highest BCUT2D eigenvalue weighted by molar-refractivity contribution is 6.32. The molecule has 0 saturated heterocycles. The lowest BCUT2D eigenvalue weighted by Crippen LogP contribution is -2.39. The van der Waals surface area contributed by atoms with E-state index in [2.05, 4.69) is 10.6 Å². The Kier molecular flexibility index (Phi) is 5.78. The predicted molar refractivity (Wildman–Crippen MR) is 73.1 cm³/mol. The molecule has 18 heavy (non-hydrogen) atoms. The Morgan fingerprint density at radius 3 is 2.72 bits per heavy atom. The van der Waals surface area contributed by atoms with Crippen molar-refractivity contribution in [2.24, 2.45) is 0 Å². The van der Waals surface area contributed by atoms with Crippen molar-refractivity contribution < 1.29 is 9.53 Å². The SMILES string of the molecule is CCOc1ccc(CNC(=O)NC(C)C)cc1Cl. The zero-order valence-electron chi connectivity index (χ0n) is 10.9. The van der Waals surface area contributed by atoms with E-state index >= 15 is 0 Å². The molecular weight excluding hydrogens is 252 g/mol. The van der Waals surface area contributed by atoms with Gasteiger partial charge < -0.3 is 15.4 Å². The fourth-order valence-corrected chi connectivity index (χ4v) is 1.68. The number of halogens is 1. The minimum absolute atomic E-state index is 0.119. The van der Waals surface area contributed by atoms with Crippen LogP contribution in [0.2, 0.25) is 5.02 Å². The van der Waals surface area contributed by atoms with Gasteiger partial charge in [0.05, 0.1) is 11.6 Å². The van der Waals surface area contributed by atoms with Gasteiger partial charge in [-0.3, -0.25) is 0 Å². The summed E-state index contributed by atoms with van der Waals surface area (Å²) in [6.07, 6.45) is 0. The molecule has 0 saturated carbocycles. The van der Waals surface area contributed by atoms with E-state index in [0.717, 1.165) is 5.56 Å². The van der Waals surface area contributed by atoms with Gasteiger partial charge in [0.15, 0.2) is 0 Å². The van der Waals surface area contributed by atoms with Crippen molar-refractivity contribution in [1.82, 2.24) is 10.6 Å². The van der Waals surface area contributed by atoms with E-state index in [1.165, 1.54) is 0 Å². The topological polar surface area (TPSA) is 50.4 Å². The number of hydrogen-bond donors (Lipinski definition) is 2. The highest BCUT2D eigenvalue weighted by Gasteiger charge is 2.05. The molecule has 0 fully saturated rings. The van der Waals surface area contributed by atoms with Crippen LogP contribution in [-0.2, 0) is 6.54 Å². The minimum Gasteiger partial charge on any atom is -0.492 e. The Morgan fingerprint density at radius 1 is 1.44 bits per heavy atom. The molecule has 0 unspecified atom stereocenters. The third-order valence-corrected chi connectivity index (χ3v) is 2.46. The van der Waals surface area contributed by atoms with Gasteiger partial charge in [0, 0.05) is 12.6 Å². The summed E-state index contributed by atoms with van der Waals surface area (Å²) < 4.78 is 5.34. The fraction of sp³-hybridized carbons (Fsp3) is 0.462. The van der Waals surface area contributed by atoms with Crippen molar-refractivity contribution in [3.8, 4) is 5.75 Å². The first kappa shape index (κ1) is 14.6. The van der Waals surface area contributed by atoms with E-state index in [1.807, 2.05) is 32.9 Å². The highest BCUT2D eigenvalue weighted by Crippen LogP contribution is 2.25. The predicted octanol–water partition coefficient (Wildman–Crippen LogP) is 2.95. The van der Waals surface area contributed by atoms with Crippen LogP contribution in [0.3, 0.4) is 0 Å². The van der Waals surface area contributed by atoms with Gasteiger partial charge in [-0.05, 0) is 38.5 Å². The summed E-state index contributed by atoms with van der Waals surface area (Å²) >= 11 is 6.05. The highest BCUT2D eigenvalue weighted by atomic mass is 35.5. The van der Waals surface area contributed by atoms with Crippen molar-refractivity contribution in [3.05, 3.63) is 28.8 Å². The quantitative estimate of drug-likeness (QED) is 0.864. The van der Waals surface area contributed by atoms with E-state index < -0.39 is 0 Å². The largest absolute Gasteiger partial charge is 0.492 e. The number of hydrogen-bond acceptors (Lipinski definition) is 2. The monoisotopic (exact) mass is 270 g/mol. The Labute approximate surface area is 113 Å². The second kappa shape index (κ2) is 7.11. The number of rotatable bonds is 5. The first-order chi connectivity index (χ1) is 8.52. The number of carbonyl (C=O) groups excluding carboxylic acids is 1. The first-order valence-corrected chi connectivity index (χ1v) is 6.36. The van der Waals surface area contributed by atoms with Crippen LogP contribution in [0.25, 0.3) is 0 Å². The van der Waals surface area contributed by atoms with E-state index in [9.17, 15) is 4.79 Å². The molecule has 2 amide bonds. The summed E-state index contributed by atoms with van der Waals surface area (Å²) in [4.78, 5) is 11.4. The zero-order valence-corrected chi connectivity index (χ0v) is 11.7. The maximum Gasteiger partial charge on any atom is 0.315 e. The molecule has 0 heterocycles. The fourth-order valence-electron chi connectivity index (χ4n) is 1.42. The molecule has 0 aliphatic heterocycles. The van der Waals surface area contributed by atoms with Crippen LogP contribution in [0.1, 0.15) is 26.3 Å². The van der Waals surface area contributed by atoms with Crippen molar-refractivity contribution in [2.45, 2.75) is 33.4 Å². The van der Waals surface area contributed by atoms with E-state index in [-0.39, 0.29) is 12.1 Å². The molecule has 0 bridgehead atoms. The van der Waals surface area contributed by atoms with Crippen LogP contribution in [-0.4, -0.2) is 18.7 Å². The van der Waals surface area contributed by atoms with Gasteiger partial charge in [-0.1, -0.05) is 17.7 Å². The number of benzene rings is 1. The molecule has 0 radical (unpaired) electrons. The lowest BCUT2D eigenvalue weighted by atomic mass is 10.2. The third-order valence-electron chi connectivity index (χ3n) is 2.17. The molecule has 0 aliphatic carbocycles. The molecule has 0 atom stereocenters. The minimum atomic E-state index is -0.185. The number of ether oxygens (including phenoxy) is 1. The van der Waals surface area contributed by atoms with Gasteiger partial charge in [-0.15, -0.1) is 0 Å². The summed E-state index contributed by atoms with van der Waals surface area (Å²) in [5.41, 5.74) is 0.933. The normalized spacial score (nSPS) is 10.3. The number of amides is 2. The Morgan fingerprint density at radius 2 is 2.17 bits per heavy atom. The lowest BCUT2D eigenvalue weighted by molar-refractivity contribution is 0.238. The summed E-state index contributed by atoms with van der Waals surface area (Å²) in [5, 5.41) is 6.07. The zero-order chi connectivity index (χ0) is 13.5. The van der Waals surface area contributed by atoms with Gasteiger partial charge in [-0.25, -0.2) is 4.79 Å². The molecule has 1 aromatic rings. The van der Waals surface area contributed by atoms with Crippen LogP contribution in [0, 0.1) is 0 Å². The summed E-state index contributed by atoms with van der Waals surface area (Å²) in [5.74, 6) is 0.662. The number of nitrogens with one attached hydrogen (secondary N) is 2. The summed E-state index contributed by atoms with van der Waals surface area (Å²) in [6, 6.07) is 5.42. The van der Waals surface area contributed by atoms with Crippen LogP contribution in [0.5, 0.6) is 5.75 Å². The molecule has 5 heteroatoms. The standard InChI is InChI=1S/C13H19ClN2O2/c1-4-18-12-6-5-10(7-11(12)14)8-15-13(17)16-9(2)3/h5-7,9H,4,8H2,1-3H3,(H2,15,16,17). The van der Waals surface area contributed by atoms with Crippen LogP contribution < -0.4 is 15.4 Å². The Bertz CT molecular complexity index is 408. The van der Waals surface area contributed by atoms with Crippen molar-refractivity contribution in [1.29, 1.82) is 0 Å². The van der Waals surface area contributed by atoms with Gasteiger partial charge in [0.2, 0.25) is 0 Å². The Hall–Kier alpha value is -1.42. The molecule has 4 nitrogen and oxygen atoms in total. The maximum atomic E-state index is 11.4. The van der Waals surface area contributed by atoms with Gasteiger partial charge in [0.25, 0.3) is 0 Å². The first-order valence-electron chi connectivity index (χ1n) is 5.98. The smallest absolute Gasteiger partial charge is 0.315 e. The van der Waals surface area contributed by atoms with Crippen LogP contribution >= 0.6 is 11.6 Å². The second-order valence-corrected chi connectivity index (χ2v) is 4.59. The van der Waals surface area contributed by atoms with Gasteiger partial charge in [0.1, 0.15) is 5.75 Å². The molecule has 2 N–H and O–H groups in total. The van der Waals surface area contributed by atoms with Gasteiger partial charge >= 0.3 is 6.03 Å². The summed E-state index contributed by atoms with van der Waals surface area (Å²) in [6.45, 7) is 6.74. The molecule has 0 aromatic heterocycles. The van der Waals surface area contributed by atoms with Crippen molar-refractivity contribution in [2.75, 3.05) is 6.61 Å².